The van der Waals surface area contributed by atoms with Crippen LogP contribution in [0.15, 0.2) is 48.5 Å². The van der Waals surface area contributed by atoms with Crippen LogP contribution in [0, 0.1) is 12.7 Å². The van der Waals surface area contributed by atoms with Gasteiger partial charge in [-0.1, -0.05) is 36.4 Å². The Hall–Kier alpha value is -2.20. The molecule has 0 aliphatic heterocycles. The van der Waals surface area contributed by atoms with Gasteiger partial charge in [0.25, 0.3) is 5.91 Å². The third-order valence-electron chi connectivity index (χ3n) is 3.44. The van der Waals surface area contributed by atoms with E-state index in [0.717, 1.165) is 0 Å². The number of benzene rings is 2. The van der Waals surface area contributed by atoms with Gasteiger partial charge in [-0.15, -0.1) is 0 Å². The highest BCUT2D eigenvalue weighted by Crippen LogP contribution is 2.13. The van der Waals surface area contributed by atoms with Gasteiger partial charge in [0.2, 0.25) is 0 Å². The van der Waals surface area contributed by atoms with Crippen LogP contribution in [0.5, 0.6) is 0 Å². The minimum Gasteiger partial charge on any atom is -0.333 e. The van der Waals surface area contributed by atoms with Crippen molar-refractivity contribution in [2.24, 2.45) is 0 Å². The van der Waals surface area contributed by atoms with Crippen LogP contribution in [-0.4, -0.2) is 12.5 Å². The van der Waals surface area contributed by atoms with Crippen LogP contribution < -0.4 is 10.6 Å². The van der Waals surface area contributed by atoms with Crippen molar-refractivity contribution in [3.8, 4) is 0 Å². The van der Waals surface area contributed by atoms with Crippen LogP contribution in [0.4, 0.5) is 10.1 Å². The van der Waals surface area contributed by atoms with Crippen molar-refractivity contribution in [2.75, 3.05) is 11.9 Å². The van der Waals surface area contributed by atoms with Crippen LogP contribution >= 0.6 is 0 Å². The number of hydrogen-bond donors (Lipinski definition) is 2. The van der Waals surface area contributed by atoms with E-state index in [1.807, 2.05) is 42.6 Å². The fourth-order valence-electron chi connectivity index (χ4n) is 2.06. The first-order valence-corrected chi connectivity index (χ1v) is 7.00. The smallest absolute Gasteiger partial charge is 0.279 e. The Morgan fingerprint density at radius 1 is 1.24 bits per heavy atom. The van der Waals surface area contributed by atoms with E-state index < -0.39 is 0 Å². The molecule has 0 spiro atoms. The molecule has 0 saturated carbocycles. The summed E-state index contributed by atoms with van der Waals surface area (Å²) in [5, 5.41) is 4.66. The van der Waals surface area contributed by atoms with Gasteiger partial charge in [0.05, 0.1) is 0 Å². The first-order chi connectivity index (χ1) is 10.1. The van der Waals surface area contributed by atoms with Gasteiger partial charge in [0, 0.05) is 11.3 Å². The average Bonchev–Trinajstić information content (AvgIpc) is 2.49. The highest BCUT2D eigenvalue weighted by molar-refractivity contribution is 5.91. The van der Waals surface area contributed by atoms with Crippen LogP contribution in [0.3, 0.4) is 0 Å². The first kappa shape index (κ1) is 15.2. The second-order valence-corrected chi connectivity index (χ2v) is 5.15. The number of halogens is 1. The van der Waals surface area contributed by atoms with Gasteiger partial charge < -0.3 is 10.6 Å². The average molecular weight is 287 g/mol. The summed E-state index contributed by atoms with van der Waals surface area (Å²) in [5.41, 5.74) is 2.23. The topological polar surface area (TPSA) is 45.7 Å². The van der Waals surface area contributed by atoms with Crippen molar-refractivity contribution in [3.63, 3.8) is 0 Å². The fraction of sp³-hybridized carbons (Fsp3) is 0.235. The molecular weight excluding hydrogens is 267 g/mol. The zero-order valence-corrected chi connectivity index (χ0v) is 12.3. The fourth-order valence-corrected chi connectivity index (χ4v) is 2.06. The lowest BCUT2D eigenvalue weighted by molar-refractivity contribution is -0.682. The maximum Gasteiger partial charge on any atom is 0.279 e. The van der Waals surface area contributed by atoms with Crippen LogP contribution in [-0.2, 0) is 4.79 Å². The number of aryl methyl sites for hydroxylation is 1. The monoisotopic (exact) mass is 287 g/mol. The van der Waals surface area contributed by atoms with Crippen molar-refractivity contribution in [3.05, 3.63) is 65.5 Å². The van der Waals surface area contributed by atoms with Crippen molar-refractivity contribution < 1.29 is 14.5 Å². The summed E-state index contributed by atoms with van der Waals surface area (Å²) in [5.74, 6) is -0.449. The first-order valence-electron chi connectivity index (χ1n) is 7.00. The second kappa shape index (κ2) is 6.99. The Morgan fingerprint density at radius 3 is 2.62 bits per heavy atom. The Balaban J connectivity index is 1.86. The molecule has 2 aromatic carbocycles. The number of quaternary nitrogens is 1. The van der Waals surface area contributed by atoms with Gasteiger partial charge in [-0.2, -0.15) is 0 Å². The number of amides is 1. The summed E-state index contributed by atoms with van der Waals surface area (Å²) in [4.78, 5) is 11.9. The number of anilines is 1. The van der Waals surface area contributed by atoms with E-state index in [0.29, 0.717) is 17.8 Å². The summed E-state index contributed by atoms with van der Waals surface area (Å²) >= 11 is 0. The molecule has 0 fully saturated rings. The second-order valence-electron chi connectivity index (χ2n) is 5.15. The molecule has 1 amide bonds. The zero-order chi connectivity index (χ0) is 15.2. The van der Waals surface area contributed by atoms with Gasteiger partial charge in [-0.25, -0.2) is 4.39 Å². The van der Waals surface area contributed by atoms with Gasteiger partial charge in [-0.3, -0.25) is 4.79 Å². The van der Waals surface area contributed by atoms with Gasteiger partial charge in [-0.05, 0) is 31.5 Å². The Bertz CT molecular complexity index is 613. The molecule has 3 nitrogen and oxygen atoms in total. The minimum absolute atomic E-state index is 0.138. The molecule has 0 unspecified atom stereocenters. The van der Waals surface area contributed by atoms with E-state index >= 15 is 0 Å². The molecule has 3 N–H and O–H groups in total. The summed E-state index contributed by atoms with van der Waals surface area (Å²) in [6.45, 7) is 4.04. The van der Waals surface area contributed by atoms with E-state index in [4.69, 9.17) is 0 Å². The lowest BCUT2D eigenvalue weighted by Crippen LogP contribution is -2.86. The van der Waals surface area contributed by atoms with Crippen molar-refractivity contribution in [1.82, 2.24) is 0 Å². The molecule has 2 aromatic rings. The van der Waals surface area contributed by atoms with Gasteiger partial charge in [0.15, 0.2) is 6.54 Å². The highest BCUT2D eigenvalue weighted by atomic mass is 19.1. The Labute approximate surface area is 124 Å². The van der Waals surface area contributed by atoms with Crippen molar-refractivity contribution >= 4 is 11.6 Å². The number of nitrogens with two attached hydrogens (primary N) is 1. The number of carbonyl (C=O) groups is 1. The molecule has 0 aromatic heterocycles. The van der Waals surface area contributed by atoms with E-state index in [2.05, 4.69) is 5.32 Å². The maximum atomic E-state index is 13.4. The lowest BCUT2D eigenvalue weighted by Gasteiger charge is -2.11. The molecule has 1 atom stereocenters. The third-order valence-corrected chi connectivity index (χ3v) is 3.44. The number of rotatable bonds is 5. The van der Waals surface area contributed by atoms with Gasteiger partial charge in [0.1, 0.15) is 11.9 Å². The normalized spacial score (nSPS) is 12.0. The summed E-state index contributed by atoms with van der Waals surface area (Å²) in [6, 6.07) is 14.9. The van der Waals surface area contributed by atoms with Crippen LogP contribution in [0.25, 0.3) is 0 Å². The SMILES string of the molecule is Cc1ccc(NC(=O)C[NH2+][C@H](C)c2ccccc2)cc1F. The molecule has 0 aliphatic carbocycles. The molecule has 0 aliphatic rings. The summed E-state index contributed by atoms with van der Waals surface area (Å²) in [7, 11) is 0. The largest absolute Gasteiger partial charge is 0.333 e. The van der Waals surface area contributed by atoms with E-state index in [1.54, 1.807) is 19.1 Å². The Kier molecular flexibility index (Phi) is 5.06. The number of hydrogen-bond acceptors (Lipinski definition) is 1. The van der Waals surface area contributed by atoms with Crippen LogP contribution in [0.2, 0.25) is 0 Å². The van der Waals surface area contributed by atoms with E-state index in [1.165, 1.54) is 11.6 Å². The molecule has 0 heterocycles. The third kappa shape index (κ3) is 4.39. The number of carbonyl (C=O) groups excluding carboxylic acids is 1. The Morgan fingerprint density at radius 2 is 1.95 bits per heavy atom. The highest BCUT2D eigenvalue weighted by Gasteiger charge is 2.11. The van der Waals surface area contributed by atoms with E-state index in [9.17, 15) is 9.18 Å². The van der Waals surface area contributed by atoms with E-state index in [-0.39, 0.29) is 17.8 Å². The molecule has 0 bridgehead atoms. The maximum absolute atomic E-state index is 13.4. The quantitative estimate of drug-likeness (QED) is 0.871. The standard InChI is InChI=1S/C17H19FN2O/c1-12-8-9-15(10-16(12)18)20-17(21)11-19-13(2)14-6-4-3-5-7-14/h3-10,13,19H,11H2,1-2H3,(H,20,21)/p+1/t13-/m1/s1. The van der Waals surface area contributed by atoms with Crippen LogP contribution in [0.1, 0.15) is 24.1 Å². The predicted octanol–water partition coefficient (Wildman–Crippen LogP) is 2.40. The molecule has 110 valence electrons. The molecule has 0 saturated heterocycles. The summed E-state index contributed by atoms with van der Waals surface area (Å²) in [6.07, 6.45) is 0. The van der Waals surface area contributed by atoms with Crippen molar-refractivity contribution in [1.29, 1.82) is 0 Å². The van der Waals surface area contributed by atoms with Gasteiger partial charge >= 0.3 is 0 Å². The lowest BCUT2D eigenvalue weighted by atomic mass is 10.1. The molecule has 0 radical (unpaired) electrons. The minimum atomic E-state index is -0.311. The molecule has 21 heavy (non-hydrogen) atoms. The number of nitrogens with one attached hydrogen (secondary N) is 1. The molecule has 2 rings (SSSR count). The zero-order valence-electron chi connectivity index (χ0n) is 12.3. The summed E-state index contributed by atoms with van der Waals surface area (Å²) < 4.78 is 13.4. The predicted molar refractivity (Wildman–Crippen MR) is 81.4 cm³/mol. The molecular formula is C17H20FN2O+. The van der Waals surface area contributed by atoms with Crippen molar-refractivity contribution in [2.45, 2.75) is 19.9 Å². The molecule has 4 heteroatoms.